The first-order valence-corrected chi connectivity index (χ1v) is 9.19. The summed E-state index contributed by atoms with van der Waals surface area (Å²) in [7, 11) is -1.55. The molecule has 1 aliphatic rings. The van der Waals surface area contributed by atoms with E-state index >= 15 is 0 Å². The van der Waals surface area contributed by atoms with Gasteiger partial charge in [-0.15, -0.1) is 0 Å². The SMILES string of the molecule is Cn1cnn(CN2CCN(S(=O)(=O)c3ccccc3)CC2)c1=S. The third-order valence-electron chi connectivity index (χ3n) is 3.93. The second-order valence-corrected chi connectivity index (χ2v) is 7.80. The molecule has 0 amide bonds. The average molecular weight is 353 g/mol. The van der Waals surface area contributed by atoms with E-state index in [4.69, 9.17) is 12.2 Å². The summed E-state index contributed by atoms with van der Waals surface area (Å²) in [6.07, 6.45) is 1.68. The second kappa shape index (κ2) is 6.52. The Labute approximate surface area is 140 Å². The van der Waals surface area contributed by atoms with Crippen molar-refractivity contribution >= 4 is 22.2 Å². The van der Waals surface area contributed by atoms with Gasteiger partial charge in [0, 0.05) is 33.2 Å². The zero-order valence-corrected chi connectivity index (χ0v) is 14.5. The van der Waals surface area contributed by atoms with E-state index in [0.29, 0.717) is 42.5 Å². The summed E-state index contributed by atoms with van der Waals surface area (Å²) in [5, 5.41) is 4.23. The number of sulfonamides is 1. The smallest absolute Gasteiger partial charge is 0.243 e. The van der Waals surface area contributed by atoms with Gasteiger partial charge in [-0.1, -0.05) is 18.2 Å². The molecular weight excluding hydrogens is 334 g/mol. The molecule has 1 saturated heterocycles. The maximum absolute atomic E-state index is 12.6. The lowest BCUT2D eigenvalue weighted by atomic mass is 10.4. The van der Waals surface area contributed by atoms with Crippen LogP contribution in [0.1, 0.15) is 0 Å². The van der Waals surface area contributed by atoms with Gasteiger partial charge in [-0.25, -0.2) is 13.1 Å². The van der Waals surface area contributed by atoms with Crippen molar-refractivity contribution < 1.29 is 8.42 Å². The van der Waals surface area contributed by atoms with Gasteiger partial charge in [-0.05, 0) is 24.4 Å². The lowest BCUT2D eigenvalue weighted by Gasteiger charge is -2.33. The van der Waals surface area contributed by atoms with Gasteiger partial charge in [0.05, 0.1) is 11.6 Å². The molecule has 0 saturated carbocycles. The summed E-state index contributed by atoms with van der Waals surface area (Å²) in [5.74, 6) is 0. The van der Waals surface area contributed by atoms with Crippen LogP contribution in [0.5, 0.6) is 0 Å². The van der Waals surface area contributed by atoms with E-state index in [0.717, 1.165) is 0 Å². The van der Waals surface area contributed by atoms with Crippen molar-refractivity contribution in [2.45, 2.75) is 11.6 Å². The number of hydrogen-bond donors (Lipinski definition) is 0. The molecule has 1 fully saturated rings. The fraction of sp³-hybridized carbons (Fsp3) is 0.429. The number of aromatic nitrogens is 3. The van der Waals surface area contributed by atoms with Crippen LogP contribution >= 0.6 is 12.2 Å². The van der Waals surface area contributed by atoms with Crippen molar-refractivity contribution in [1.82, 2.24) is 23.6 Å². The molecule has 3 rings (SSSR count). The third kappa shape index (κ3) is 3.37. The highest BCUT2D eigenvalue weighted by atomic mass is 32.2. The van der Waals surface area contributed by atoms with Crippen LogP contribution in [0.25, 0.3) is 0 Å². The van der Waals surface area contributed by atoms with Crippen molar-refractivity contribution in [3.05, 3.63) is 41.4 Å². The lowest BCUT2D eigenvalue weighted by Crippen LogP contribution is -2.48. The molecule has 0 aliphatic carbocycles. The van der Waals surface area contributed by atoms with E-state index in [1.54, 1.807) is 39.8 Å². The monoisotopic (exact) mass is 353 g/mol. The molecule has 0 N–H and O–H groups in total. The number of rotatable bonds is 4. The van der Waals surface area contributed by atoms with Gasteiger partial charge in [0.1, 0.15) is 6.33 Å². The molecule has 2 heterocycles. The average Bonchev–Trinajstić information content (AvgIpc) is 2.88. The minimum absolute atomic E-state index is 0.348. The van der Waals surface area contributed by atoms with Crippen molar-refractivity contribution in [2.24, 2.45) is 7.05 Å². The van der Waals surface area contributed by atoms with Crippen molar-refractivity contribution in [1.29, 1.82) is 0 Å². The Morgan fingerprint density at radius 1 is 1.13 bits per heavy atom. The summed E-state index contributed by atoms with van der Waals surface area (Å²) in [6, 6.07) is 8.56. The van der Waals surface area contributed by atoms with E-state index in [2.05, 4.69) is 10.00 Å². The van der Waals surface area contributed by atoms with Gasteiger partial charge in [0.2, 0.25) is 10.0 Å². The summed E-state index contributed by atoms with van der Waals surface area (Å²) in [4.78, 5) is 2.50. The molecule has 0 atom stereocenters. The van der Waals surface area contributed by atoms with Gasteiger partial charge in [-0.2, -0.15) is 9.40 Å². The Balaban J connectivity index is 1.65. The zero-order chi connectivity index (χ0) is 16.4. The minimum Gasteiger partial charge on any atom is -0.310 e. The molecule has 0 spiro atoms. The van der Waals surface area contributed by atoms with Crippen LogP contribution in [0.15, 0.2) is 41.6 Å². The first-order valence-electron chi connectivity index (χ1n) is 7.34. The highest BCUT2D eigenvalue weighted by molar-refractivity contribution is 7.89. The first-order chi connectivity index (χ1) is 11.0. The maximum atomic E-state index is 12.6. The summed E-state index contributed by atoms with van der Waals surface area (Å²) in [5.41, 5.74) is 0. The predicted octanol–water partition coefficient (Wildman–Crippen LogP) is 0.915. The van der Waals surface area contributed by atoms with Crippen molar-refractivity contribution in [2.75, 3.05) is 26.2 Å². The fourth-order valence-corrected chi connectivity index (χ4v) is 4.16. The first kappa shape index (κ1) is 16.3. The van der Waals surface area contributed by atoms with Crippen LogP contribution in [0.3, 0.4) is 0 Å². The van der Waals surface area contributed by atoms with Crippen LogP contribution in [-0.2, 0) is 23.7 Å². The Hall–Kier alpha value is -1.55. The van der Waals surface area contributed by atoms with Gasteiger partial charge in [-0.3, -0.25) is 4.90 Å². The molecule has 23 heavy (non-hydrogen) atoms. The number of aryl methyl sites for hydroxylation is 1. The minimum atomic E-state index is -3.40. The molecule has 9 heteroatoms. The predicted molar refractivity (Wildman–Crippen MR) is 88.8 cm³/mol. The van der Waals surface area contributed by atoms with Crippen LogP contribution in [-0.4, -0.2) is 58.1 Å². The normalized spacial score (nSPS) is 17.4. The Morgan fingerprint density at radius 3 is 2.35 bits per heavy atom. The highest BCUT2D eigenvalue weighted by Crippen LogP contribution is 2.17. The van der Waals surface area contributed by atoms with Gasteiger partial charge in [0.25, 0.3) is 0 Å². The van der Waals surface area contributed by atoms with E-state index < -0.39 is 10.0 Å². The highest BCUT2D eigenvalue weighted by Gasteiger charge is 2.28. The summed E-state index contributed by atoms with van der Waals surface area (Å²) in [6.45, 7) is 2.84. The molecule has 0 radical (unpaired) electrons. The number of hydrogen-bond acceptors (Lipinski definition) is 5. The third-order valence-corrected chi connectivity index (χ3v) is 6.34. The fourth-order valence-electron chi connectivity index (χ4n) is 2.56. The van der Waals surface area contributed by atoms with E-state index in [-0.39, 0.29) is 0 Å². The van der Waals surface area contributed by atoms with E-state index in [9.17, 15) is 8.42 Å². The number of nitrogens with zero attached hydrogens (tertiary/aromatic N) is 5. The van der Waals surface area contributed by atoms with Crippen LogP contribution in [0.2, 0.25) is 0 Å². The van der Waals surface area contributed by atoms with Gasteiger partial charge in [0.15, 0.2) is 4.77 Å². The van der Waals surface area contributed by atoms with Crippen molar-refractivity contribution in [3.63, 3.8) is 0 Å². The molecule has 1 aromatic heterocycles. The molecule has 1 aromatic carbocycles. The zero-order valence-electron chi connectivity index (χ0n) is 12.9. The molecule has 0 bridgehead atoms. The second-order valence-electron chi connectivity index (χ2n) is 5.50. The number of piperazine rings is 1. The quantitative estimate of drug-likeness (QED) is 0.765. The maximum Gasteiger partial charge on any atom is 0.243 e. The van der Waals surface area contributed by atoms with Crippen LogP contribution in [0, 0.1) is 4.77 Å². The molecular formula is C14H19N5O2S2. The van der Waals surface area contributed by atoms with E-state index in [1.165, 1.54) is 4.31 Å². The molecule has 124 valence electrons. The summed E-state index contributed by atoms with van der Waals surface area (Å²) < 4.78 is 30.9. The van der Waals surface area contributed by atoms with Crippen LogP contribution in [0.4, 0.5) is 0 Å². The lowest BCUT2D eigenvalue weighted by molar-refractivity contribution is 0.144. The Bertz CT molecular complexity index is 820. The van der Waals surface area contributed by atoms with Crippen molar-refractivity contribution in [3.8, 4) is 0 Å². The molecule has 7 nitrogen and oxygen atoms in total. The van der Waals surface area contributed by atoms with Gasteiger partial charge < -0.3 is 4.57 Å². The molecule has 2 aromatic rings. The summed E-state index contributed by atoms with van der Waals surface area (Å²) >= 11 is 5.27. The van der Waals surface area contributed by atoms with Crippen LogP contribution < -0.4 is 0 Å². The van der Waals surface area contributed by atoms with E-state index in [1.807, 2.05) is 13.1 Å². The van der Waals surface area contributed by atoms with Gasteiger partial charge >= 0.3 is 0 Å². The number of benzene rings is 1. The Kier molecular flexibility index (Phi) is 4.62. The largest absolute Gasteiger partial charge is 0.310 e. The molecule has 1 aliphatic heterocycles. The topological polar surface area (TPSA) is 63.4 Å². The Morgan fingerprint density at radius 2 is 1.78 bits per heavy atom. The molecule has 0 unspecified atom stereocenters. The standard InChI is InChI=1S/C14H19N5O2S2/c1-16-11-15-19(14(16)22)12-17-7-9-18(10-8-17)23(20,21)13-5-3-2-4-6-13/h2-6,11H,7-10,12H2,1H3.